The number of para-hydroxylation sites is 1. The lowest BCUT2D eigenvalue weighted by Crippen LogP contribution is -2.49. The molecule has 44 heavy (non-hydrogen) atoms. The number of sulfonamides is 1. The van der Waals surface area contributed by atoms with Gasteiger partial charge in [-0.15, -0.1) is 0 Å². The zero-order valence-electron chi connectivity index (χ0n) is 25.4. The van der Waals surface area contributed by atoms with Gasteiger partial charge in [0.1, 0.15) is 5.69 Å². The second-order valence-corrected chi connectivity index (χ2v) is 12.6. The van der Waals surface area contributed by atoms with Crippen LogP contribution in [0.3, 0.4) is 0 Å². The van der Waals surface area contributed by atoms with Gasteiger partial charge in [-0.05, 0) is 44.0 Å². The number of anilines is 1. The van der Waals surface area contributed by atoms with E-state index in [1.54, 1.807) is 17.7 Å². The van der Waals surface area contributed by atoms with Crippen LogP contribution in [0.4, 0.5) is 24.5 Å². The minimum atomic E-state index is -4.40. The number of benzene rings is 2. The van der Waals surface area contributed by atoms with Gasteiger partial charge in [0.15, 0.2) is 0 Å². The summed E-state index contributed by atoms with van der Waals surface area (Å²) in [6.45, 7) is 11.0. The molecule has 0 amide bonds. The van der Waals surface area contributed by atoms with E-state index in [0.717, 1.165) is 35.2 Å². The van der Waals surface area contributed by atoms with Crippen molar-refractivity contribution >= 4 is 21.4 Å². The number of hydrogen-bond acceptors (Lipinski definition) is 8. The highest BCUT2D eigenvalue weighted by Crippen LogP contribution is 2.33. The Morgan fingerprint density at radius 1 is 1.05 bits per heavy atom. The summed E-state index contributed by atoms with van der Waals surface area (Å²) in [6.07, 6.45) is -3.97. The van der Waals surface area contributed by atoms with Crippen LogP contribution in [0.25, 0.3) is 11.3 Å². The summed E-state index contributed by atoms with van der Waals surface area (Å²) in [4.78, 5) is 15.3. The number of nitro groups is 1. The molecule has 2 heterocycles. The predicted molar refractivity (Wildman–Crippen MR) is 163 cm³/mol. The largest absolute Gasteiger partial charge is 0.416 e. The summed E-state index contributed by atoms with van der Waals surface area (Å²) in [5, 5.41) is 26.8. The van der Waals surface area contributed by atoms with Gasteiger partial charge in [-0.1, -0.05) is 31.2 Å². The monoisotopic (exact) mass is 640 g/mol. The van der Waals surface area contributed by atoms with Crippen LogP contribution in [-0.4, -0.2) is 84.8 Å². The van der Waals surface area contributed by atoms with E-state index in [1.807, 2.05) is 31.7 Å². The SMILES string of the molecule is CCNS(C)(=O)=O.Cc1cccc([N+](=O)[O-])c1N1CCN(CC(O)Cn2nc(-c3ccc(C(F)(F)F)cc3)c(C)c2C)CC1. The van der Waals surface area contributed by atoms with Crippen LogP contribution in [0.5, 0.6) is 0 Å². The zero-order valence-corrected chi connectivity index (χ0v) is 26.2. The minimum Gasteiger partial charge on any atom is -0.390 e. The van der Waals surface area contributed by atoms with E-state index in [2.05, 4.69) is 14.7 Å². The van der Waals surface area contributed by atoms with Crippen molar-refractivity contribution in [2.24, 2.45) is 0 Å². The lowest BCUT2D eigenvalue weighted by atomic mass is 10.1. The minimum absolute atomic E-state index is 0.0989. The number of aliphatic hydroxyl groups is 1. The highest BCUT2D eigenvalue weighted by Gasteiger charge is 2.30. The van der Waals surface area contributed by atoms with E-state index in [-0.39, 0.29) is 17.2 Å². The molecule has 15 heteroatoms. The van der Waals surface area contributed by atoms with Crippen LogP contribution in [0.15, 0.2) is 42.5 Å². The molecule has 1 aromatic heterocycles. The normalized spacial score (nSPS) is 15.1. The van der Waals surface area contributed by atoms with E-state index >= 15 is 0 Å². The molecular weight excluding hydrogens is 601 g/mol. The van der Waals surface area contributed by atoms with Crippen molar-refractivity contribution in [3.05, 3.63) is 75.0 Å². The summed E-state index contributed by atoms with van der Waals surface area (Å²) in [6, 6.07) is 9.99. The molecule has 1 atom stereocenters. The number of halogens is 3. The number of nitrogens with one attached hydrogen (secondary N) is 1. The molecule has 2 N–H and O–H groups in total. The Balaban J connectivity index is 0.000000676. The fourth-order valence-corrected chi connectivity index (χ4v) is 5.60. The van der Waals surface area contributed by atoms with Crippen molar-refractivity contribution in [2.75, 3.05) is 50.4 Å². The van der Waals surface area contributed by atoms with Gasteiger partial charge in [0.05, 0.1) is 35.1 Å². The molecule has 0 spiro atoms. The van der Waals surface area contributed by atoms with Gasteiger partial charge in [0, 0.05) is 56.6 Å². The summed E-state index contributed by atoms with van der Waals surface area (Å²) >= 11 is 0. The van der Waals surface area contributed by atoms with Crippen LogP contribution >= 0.6 is 0 Å². The summed E-state index contributed by atoms with van der Waals surface area (Å²) in [5.74, 6) is 0. The van der Waals surface area contributed by atoms with Crippen molar-refractivity contribution in [1.82, 2.24) is 19.4 Å². The highest BCUT2D eigenvalue weighted by molar-refractivity contribution is 7.88. The van der Waals surface area contributed by atoms with E-state index in [1.165, 1.54) is 18.2 Å². The molecule has 3 aromatic rings. The highest BCUT2D eigenvalue weighted by atomic mass is 32.2. The molecular formula is C29H39F3N6O5S. The topological polar surface area (TPSA) is 134 Å². The summed E-state index contributed by atoms with van der Waals surface area (Å²) in [7, 11) is -2.92. The maximum Gasteiger partial charge on any atom is 0.416 e. The van der Waals surface area contributed by atoms with Crippen molar-refractivity contribution in [1.29, 1.82) is 0 Å². The number of β-amino-alcohol motifs (C(OH)–C–C–N with tert-alkyl or cyclic N) is 1. The van der Waals surface area contributed by atoms with Gasteiger partial charge in [-0.3, -0.25) is 19.7 Å². The van der Waals surface area contributed by atoms with E-state index in [9.17, 15) is 36.8 Å². The number of aliphatic hydroxyl groups excluding tert-OH is 1. The number of aromatic nitrogens is 2. The third-order valence-corrected chi connectivity index (χ3v) is 8.17. The van der Waals surface area contributed by atoms with E-state index in [0.29, 0.717) is 56.2 Å². The first-order valence-corrected chi connectivity index (χ1v) is 16.0. The maximum absolute atomic E-state index is 12.9. The van der Waals surface area contributed by atoms with Crippen LogP contribution in [0.1, 0.15) is 29.3 Å². The summed E-state index contributed by atoms with van der Waals surface area (Å²) in [5.41, 5.74) is 3.75. The van der Waals surface area contributed by atoms with E-state index in [4.69, 9.17) is 0 Å². The van der Waals surface area contributed by atoms with Gasteiger partial charge in [0.25, 0.3) is 5.69 Å². The molecule has 4 rings (SSSR count). The Morgan fingerprint density at radius 3 is 2.16 bits per heavy atom. The number of alkyl halides is 3. The standard InChI is InChI=1S/C26H30F3N5O3.C3H9NO2S/c1-17-5-4-6-23(34(36)37)25(17)32-13-11-31(12-14-32)15-22(35)16-33-19(3)18(2)24(30-33)20-7-9-21(10-8-20)26(27,28)29;1-3-4-7(2,5)6/h4-10,22,35H,11-16H2,1-3H3;4H,3H2,1-2H3. The Morgan fingerprint density at radius 2 is 1.66 bits per heavy atom. The third-order valence-electron chi connectivity index (χ3n) is 7.35. The number of hydrogen-bond donors (Lipinski definition) is 2. The Hall–Kier alpha value is -3.53. The third kappa shape index (κ3) is 9.24. The quantitative estimate of drug-likeness (QED) is 0.263. The molecule has 1 unspecified atom stereocenters. The Labute approximate surface area is 255 Å². The lowest BCUT2D eigenvalue weighted by Gasteiger charge is -2.37. The molecule has 2 aromatic carbocycles. The van der Waals surface area contributed by atoms with Gasteiger partial charge >= 0.3 is 6.18 Å². The number of piperazine rings is 1. The van der Waals surface area contributed by atoms with Gasteiger partial charge in [-0.2, -0.15) is 18.3 Å². The number of nitrogens with zero attached hydrogens (tertiary/aromatic N) is 5. The first-order valence-electron chi connectivity index (χ1n) is 14.1. The molecule has 242 valence electrons. The van der Waals surface area contributed by atoms with Crippen molar-refractivity contribution in [2.45, 2.75) is 46.5 Å². The van der Waals surface area contributed by atoms with Gasteiger partial charge in [0.2, 0.25) is 10.0 Å². The van der Waals surface area contributed by atoms with Gasteiger partial charge < -0.3 is 10.0 Å². The molecule has 1 saturated heterocycles. The van der Waals surface area contributed by atoms with Crippen molar-refractivity contribution < 1.29 is 31.6 Å². The van der Waals surface area contributed by atoms with Crippen LogP contribution < -0.4 is 9.62 Å². The molecule has 0 radical (unpaired) electrons. The first-order chi connectivity index (χ1) is 20.5. The summed E-state index contributed by atoms with van der Waals surface area (Å²) < 4.78 is 62.9. The van der Waals surface area contributed by atoms with Crippen LogP contribution in [0.2, 0.25) is 0 Å². The lowest BCUT2D eigenvalue weighted by molar-refractivity contribution is -0.384. The van der Waals surface area contributed by atoms with Crippen LogP contribution in [0, 0.1) is 30.9 Å². The second-order valence-electron chi connectivity index (χ2n) is 10.7. The Kier molecular flexibility index (Phi) is 11.5. The van der Waals surface area contributed by atoms with Crippen LogP contribution in [-0.2, 0) is 22.7 Å². The predicted octanol–water partition coefficient (Wildman–Crippen LogP) is 4.14. The Bertz CT molecular complexity index is 1540. The van der Waals surface area contributed by atoms with Crippen molar-refractivity contribution in [3.8, 4) is 11.3 Å². The van der Waals surface area contributed by atoms with E-state index < -0.39 is 27.9 Å². The molecule has 0 aliphatic carbocycles. The molecule has 1 aliphatic rings. The number of rotatable bonds is 9. The maximum atomic E-state index is 12.9. The zero-order chi connectivity index (χ0) is 32.8. The first kappa shape index (κ1) is 35.0. The molecule has 0 saturated carbocycles. The van der Waals surface area contributed by atoms with Gasteiger partial charge in [-0.25, -0.2) is 13.1 Å². The molecule has 1 fully saturated rings. The average molecular weight is 641 g/mol. The van der Waals surface area contributed by atoms with Crippen molar-refractivity contribution in [3.63, 3.8) is 0 Å². The fraction of sp³-hybridized carbons (Fsp3) is 0.483. The smallest absolute Gasteiger partial charge is 0.390 e. The second kappa shape index (κ2) is 14.5. The average Bonchev–Trinajstić information content (AvgIpc) is 3.21. The number of nitro benzene ring substituents is 1. The number of aryl methyl sites for hydroxylation is 1. The fourth-order valence-electron chi connectivity index (χ4n) is 5.08. The molecule has 11 nitrogen and oxygen atoms in total. The molecule has 0 bridgehead atoms. The molecule has 1 aliphatic heterocycles.